The summed E-state index contributed by atoms with van der Waals surface area (Å²) in [5, 5.41) is 7.76. The van der Waals surface area contributed by atoms with Gasteiger partial charge in [-0.2, -0.15) is 5.10 Å². The first-order chi connectivity index (χ1) is 14.6. The summed E-state index contributed by atoms with van der Waals surface area (Å²) in [5.74, 6) is 0. The number of hydrogen-bond donors (Lipinski definition) is 1. The molecule has 1 N–H and O–H groups in total. The quantitative estimate of drug-likeness (QED) is 0.649. The van der Waals surface area contributed by atoms with E-state index >= 15 is 0 Å². The molecule has 1 aliphatic heterocycles. The molecule has 1 aliphatic rings. The largest absolute Gasteiger partial charge is 0.378 e. The van der Waals surface area contributed by atoms with E-state index in [0.29, 0.717) is 12.2 Å². The Bertz CT molecular complexity index is 1030. The summed E-state index contributed by atoms with van der Waals surface area (Å²) in [5.41, 5.74) is 3.53. The van der Waals surface area contributed by atoms with Gasteiger partial charge < -0.3 is 15.0 Å². The topological polar surface area (TPSA) is 59.4 Å². The Labute approximate surface area is 181 Å². The van der Waals surface area contributed by atoms with Gasteiger partial charge in [0, 0.05) is 24.8 Å². The van der Waals surface area contributed by atoms with Crippen LogP contribution in [0, 0.1) is 0 Å². The lowest BCUT2D eigenvalue weighted by molar-refractivity contribution is 0.122. The van der Waals surface area contributed by atoms with E-state index in [1.807, 2.05) is 37.3 Å². The van der Waals surface area contributed by atoms with E-state index in [-0.39, 0.29) is 16.6 Å². The van der Waals surface area contributed by atoms with Crippen LogP contribution in [0.5, 0.6) is 0 Å². The van der Waals surface area contributed by atoms with E-state index in [9.17, 15) is 4.79 Å². The van der Waals surface area contributed by atoms with Crippen LogP contribution in [-0.2, 0) is 11.3 Å². The van der Waals surface area contributed by atoms with Crippen LogP contribution in [0.25, 0.3) is 0 Å². The van der Waals surface area contributed by atoms with Gasteiger partial charge in [-0.05, 0) is 30.2 Å². The fourth-order valence-corrected chi connectivity index (χ4v) is 3.75. The Hall–Kier alpha value is -2.83. The maximum Gasteiger partial charge on any atom is 0.287 e. The lowest BCUT2D eigenvalue weighted by atomic mass is 10.1. The fraction of sp³-hybridized carbons (Fsp3) is 0.304. The van der Waals surface area contributed by atoms with Crippen LogP contribution in [-0.4, -0.2) is 36.1 Å². The monoisotopic (exact) mass is 424 g/mol. The van der Waals surface area contributed by atoms with Crippen molar-refractivity contribution < 1.29 is 4.74 Å². The van der Waals surface area contributed by atoms with Crippen molar-refractivity contribution >= 4 is 23.0 Å². The molecule has 30 heavy (non-hydrogen) atoms. The summed E-state index contributed by atoms with van der Waals surface area (Å²) in [6.07, 6.45) is 1.62. The van der Waals surface area contributed by atoms with Crippen LogP contribution in [0.1, 0.15) is 24.1 Å². The molecule has 0 unspecified atom stereocenters. The maximum absolute atomic E-state index is 12.6. The standard InChI is InChI=1S/C23H25ClN4O2/c1-17(19-7-9-20(10-8-19)27-11-13-30-14-12-27)26-21-15-25-28(23(29)22(21)24)16-18-5-3-2-4-6-18/h2-10,15,17,26H,11-14,16H2,1H3/t17-/m1/s1. The molecule has 7 heteroatoms. The average Bonchev–Trinajstić information content (AvgIpc) is 2.80. The summed E-state index contributed by atoms with van der Waals surface area (Å²) < 4.78 is 6.79. The molecule has 0 amide bonds. The zero-order valence-corrected chi connectivity index (χ0v) is 17.7. The van der Waals surface area contributed by atoms with Crippen LogP contribution in [0.2, 0.25) is 5.02 Å². The third kappa shape index (κ3) is 4.66. The Balaban J connectivity index is 1.45. The summed E-state index contributed by atoms with van der Waals surface area (Å²) in [7, 11) is 0. The summed E-state index contributed by atoms with van der Waals surface area (Å²) in [4.78, 5) is 15.0. The minimum Gasteiger partial charge on any atom is -0.378 e. The first-order valence-electron chi connectivity index (χ1n) is 10.1. The van der Waals surface area contributed by atoms with Crippen molar-refractivity contribution in [2.75, 3.05) is 36.5 Å². The number of rotatable bonds is 6. The van der Waals surface area contributed by atoms with Gasteiger partial charge in [0.2, 0.25) is 0 Å². The van der Waals surface area contributed by atoms with Crippen LogP contribution in [0.4, 0.5) is 11.4 Å². The molecular formula is C23H25ClN4O2. The van der Waals surface area contributed by atoms with Crippen LogP contribution < -0.4 is 15.8 Å². The van der Waals surface area contributed by atoms with E-state index < -0.39 is 0 Å². The highest BCUT2D eigenvalue weighted by Gasteiger charge is 2.15. The fourth-order valence-electron chi connectivity index (χ4n) is 3.55. The van der Waals surface area contributed by atoms with Crippen molar-refractivity contribution in [2.45, 2.75) is 19.5 Å². The highest BCUT2D eigenvalue weighted by Crippen LogP contribution is 2.25. The van der Waals surface area contributed by atoms with E-state index in [0.717, 1.165) is 37.4 Å². The SMILES string of the molecule is C[C@@H](Nc1cnn(Cc2ccccc2)c(=O)c1Cl)c1ccc(N2CCOCC2)cc1. The molecule has 6 nitrogen and oxygen atoms in total. The predicted molar refractivity (Wildman–Crippen MR) is 121 cm³/mol. The van der Waals surface area contributed by atoms with Gasteiger partial charge in [-0.1, -0.05) is 54.1 Å². The molecule has 2 aromatic carbocycles. The summed E-state index contributed by atoms with van der Waals surface area (Å²) >= 11 is 6.37. The third-order valence-corrected chi connectivity index (χ3v) is 5.67. The van der Waals surface area contributed by atoms with E-state index in [1.165, 1.54) is 10.4 Å². The first kappa shape index (κ1) is 20.4. The van der Waals surface area contributed by atoms with Gasteiger partial charge in [0.15, 0.2) is 0 Å². The van der Waals surface area contributed by atoms with Crippen molar-refractivity contribution in [3.8, 4) is 0 Å². The van der Waals surface area contributed by atoms with Gasteiger partial charge in [0.1, 0.15) is 5.02 Å². The van der Waals surface area contributed by atoms with Gasteiger partial charge in [0.05, 0.1) is 31.6 Å². The van der Waals surface area contributed by atoms with Gasteiger partial charge in [-0.3, -0.25) is 4.79 Å². The van der Waals surface area contributed by atoms with Crippen LogP contribution in [0.15, 0.2) is 65.6 Å². The zero-order valence-electron chi connectivity index (χ0n) is 16.9. The third-order valence-electron chi connectivity index (χ3n) is 5.30. The predicted octanol–water partition coefficient (Wildman–Crippen LogP) is 3.95. The molecule has 1 fully saturated rings. The normalized spacial score (nSPS) is 15.1. The lowest BCUT2D eigenvalue weighted by Crippen LogP contribution is -2.36. The maximum atomic E-state index is 12.6. The molecule has 0 aliphatic carbocycles. The molecule has 0 spiro atoms. The molecule has 1 saturated heterocycles. The second-order valence-electron chi connectivity index (χ2n) is 7.38. The molecular weight excluding hydrogens is 400 g/mol. The number of ether oxygens (including phenoxy) is 1. The second kappa shape index (κ2) is 9.32. The van der Waals surface area contributed by atoms with Gasteiger partial charge in [-0.25, -0.2) is 4.68 Å². The number of nitrogens with one attached hydrogen (secondary N) is 1. The number of halogens is 1. The minimum absolute atomic E-state index is 0.0209. The van der Waals surface area contributed by atoms with Gasteiger partial charge in [-0.15, -0.1) is 0 Å². The van der Waals surface area contributed by atoms with Crippen molar-refractivity contribution in [1.29, 1.82) is 0 Å². The Morgan fingerprint density at radius 2 is 1.80 bits per heavy atom. The Morgan fingerprint density at radius 3 is 2.50 bits per heavy atom. The molecule has 1 aromatic heterocycles. The molecule has 0 radical (unpaired) electrons. The number of morpholine rings is 1. The summed E-state index contributed by atoms with van der Waals surface area (Å²) in [6, 6.07) is 18.1. The molecule has 4 rings (SSSR count). The molecule has 156 valence electrons. The van der Waals surface area contributed by atoms with Crippen molar-refractivity contribution in [2.24, 2.45) is 0 Å². The number of nitrogens with zero attached hydrogens (tertiary/aromatic N) is 3. The minimum atomic E-state index is -0.305. The van der Waals surface area contributed by atoms with E-state index in [1.54, 1.807) is 6.20 Å². The number of aromatic nitrogens is 2. The Kier molecular flexibility index (Phi) is 6.35. The zero-order chi connectivity index (χ0) is 20.9. The summed E-state index contributed by atoms with van der Waals surface area (Å²) in [6.45, 7) is 5.78. The first-order valence-corrected chi connectivity index (χ1v) is 10.5. The van der Waals surface area contributed by atoms with E-state index in [2.05, 4.69) is 39.6 Å². The van der Waals surface area contributed by atoms with Crippen molar-refractivity contribution in [3.05, 3.63) is 87.3 Å². The molecule has 0 saturated carbocycles. The lowest BCUT2D eigenvalue weighted by Gasteiger charge is -2.29. The van der Waals surface area contributed by atoms with E-state index in [4.69, 9.17) is 16.3 Å². The van der Waals surface area contributed by atoms with Gasteiger partial charge >= 0.3 is 0 Å². The number of anilines is 2. The number of benzene rings is 2. The molecule has 1 atom stereocenters. The van der Waals surface area contributed by atoms with Crippen LogP contribution >= 0.6 is 11.6 Å². The highest BCUT2D eigenvalue weighted by atomic mass is 35.5. The van der Waals surface area contributed by atoms with Crippen LogP contribution in [0.3, 0.4) is 0 Å². The number of hydrogen-bond acceptors (Lipinski definition) is 5. The van der Waals surface area contributed by atoms with Crippen molar-refractivity contribution in [3.63, 3.8) is 0 Å². The van der Waals surface area contributed by atoms with Gasteiger partial charge in [0.25, 0.3) is 5.56 Å². The van der Waals surface area contributed by atoms with Crippen molar-refractivity contribution in [1.82, 2.24) is 9.78 Å². The smallest absolute Gasteiger partial charge is 0.287 e. The molecule has 2 heterocycles. The molecule has 3 aromatic rings. The molecule has 0 bridgehead atoms. The average molecular weight is 425 g/mol. The highest BCUT2D eigenvalue weighted by molar-refractivity contribution is 6.32. The Morgan fingerprint density at radius 1 is 1.10 bits per heavy atom. The second-order valence-corrected chi connectivity index (χ2v) is 7.76.